The lowest BCUT2D eigenvalue weighted by Gasteiger charge is -2.22. The van der Waals surface area contributed by atoms with E-state index < -0.39 is 0 Å². The Kier molecular flexibility index (Phi) is 5.41. The second-order valence-corrected chi connectivity index (χ2v) is 6.38. The smallest absolute Gasteiger partial charge is 0.221 e. The van der Waals surface area contributed by atoms with E-state index in [1.807, 2.05) is 24.4 Å². The van der Waals surface area contributed by atoms with Crippen molar-refractivity contribution in [1.29, 1.82) is 0 Å². The summed E-state index contributed by atoms with van der Waals surface area (Å²) in [5.41, 5.74) is 1.11. The van der Waals surface area contributed by atoms with E-state index in [1.165, 1.54) is 12.8 Å². The Hall–Kier alpha value is -2.01. The normalized spacial score (nSPS) is 18.2. The molecule has 1 N–H and O–H groups in total. The van der Waals surface area contributed by atoms with Gasteiger partial charge in [-0.15, -0.1) is 0 Å². The molecule has 130 valence electrons. The van der Waals surface area contributed by atoms with Crippen LogP contribution in [0.25, 0.3) is 10.9 Å². The van der Waals surface area contributed by atoms with Crippen molar-refractivity contribution in [3.8, 4) is 5.75 Å². The molecule has 0 spiro atoms. The number of nitrogens with one attached hydrogen (secondary N) is 1. The molecule has 1 aliphatic rings. The minimum Gasteiger partial charge on any atom is -0.496 e. The topological polar surface area (TPSA) is 46.5 Å². The maximum absolute atomic E-state index is 12.2. The van der Waals surface area contributed by atoms with E-state index in [0.717, 1.165) is 36.3 Å². The third kappa shape index (κ3) is 3.56. The molecule has 3 rings (SSSR count). The van der Waals surface area contributed by atoms with E-state index in [1.54, 1.807) is 7.11 Å². The zero-order chi connectivity index (χ0) is 16.9. The van der Waals surface area contributed by atoms with Crippen LogP contribution in [0.5, 0.6) is 5.75 Å². The van der Waals surface area contributed by atoms with Gasteiger partial charge in [-0.1, -0.05) is 13.0 Å². The van der Waals surface area contributed by atoms with Crippen LogP contribution in [0, 0.1) is 0 Å². The number of fused-ring (bicyclic) bond motifs is 1. The van der Waals surface area contributed by atoms with Crippen LogP contribution in [-0.2, 0) is 11.3 Å². The Labute approximate surface area is 143 Å². The van der Waals surface area contributed by atoms with E-state index in [2.05, 4.69) is 27.8 Å². The van der Waals surface area contributed by atoms with Gasteiger partial charge in [0.1, 0.15) is 5.75 Å². The maximum atomic E-state index is 12.2. The molecule has 2 aromatic rings. The third-order valence-electron chi connectivity index (χ3n) is 5.01. The van der Waals surface area contributed by atoms with Crippen LogP contribution in [0.3, 0.4) is 0 Å². The molecule has 5 nitrogen and oxygen atoms in total. The number of benzene rings is 1. The van der Waals surface area contributed by atoms with E-state index in [0.29, 0.717) is 19.0 Å². The zero-order valence-electron chi connectivity index (χ0n) is 14.6. The number of rotatable bonds is 7. The Morgan fingerprint density at radius 2 is 2.25 bits per heavy atom. The van der Waals surface area contributed by atoms with Crippen LogP contribution in [0.1, 0.15) is 26.2 Å². The molecule has 0 unspecified atom stereocenters. The second-order valence-electron chi connectivity index (χ2n) is 6.38. The van der Waals surface area contributed by atoms with Crippen LogP contribution in [0.4, 0.5) is 0 Å². The fraction of sp³-hybridized carbons (Fsp3) is 0.526. The molecule has 0 aliphatic carbocycles. The monoisotopic (exact) mass is 329 g/mol. The number of methoxy groups -OCH3 is 1. The number of ether oxygens (including phenoxy) is 1. The first-order chi connectivity index (χ1) is 11.7. The lowest BCUT2D eigenvalue weighted by Crippen LogP contribution is -2.40. The quantitative estimate of drug-likeness (QED) is 0.849. The van der Waals surface area contributed by atoms with Crippen molar-refractivity contribution in [3.63, 3.8) is 0 Å². The molecule has 1 aromatic carbocycles. The fourth-order valence-corrected chi connectivity index (χ4v) is 3.65. The SMILES string of the molecule is CCN1CCC[C@@H]1CNC(=O)CCn1ccc2c(OC)cccc21. The number of likely N-dealkylation sites (N-methyl/N-ethyl adjacent to an activating group) is 1. The predicted octanol–water partition coefficient (Wildman–Crippen LogP) is 2.64. The van der Waals surface area contributed by atoms with Gasteiger partial charge in [0.15, 0.2) is 0 Å². The van der Waals surface area contributed by atoms with Gasteiger partial charge in [0.25, 0.3) is 0 Å². The number of likely N-dealkylation sites (tertiary alicyclic amines) is 1. The van der Waals surface area contributed by atoms with Crippen molar-refractivity contribution < 1.29 is 9.53 Å². The standard InChI is InChI=1S/C19H27N3O2/c1-3-21-11-5-6-15(21)14-20-19(23)10-13-22-12-9-16-17(22)7-4-8-18(16)24-2/h4,7-9,12,15H,3,5-6,10-11,13-14H2,1-2H3,(H,20,23)/t15-/m1/s1. The van der Waals surface area contributed by atoms with Gasteiger partial charge in [0.05, 0.1) is 12.6 Å². The number of carbonyl (C=O) groups excluding carboxylic acids is 1. The third-order valence-corrected chi connectivity index (χ3v) is 5.01. The number of aryl methyl sites for hydroxylation is 1. The number of amides is 1. The first-order valence-corrected chi connectivity index (χ1v) is 8.85. The molecule has 1 amide bonds. The highest BCUT2D eigenvalue weighted by atomic mass is 16.5. The summed E-state index contributed by atoms with van der Waals surface area (Å²) in [5.74, 6) is 0.999. The van der Waals surface area contributed by atoms with Gasteiger partial charge in [-0.25, -0.2) is 0 Å². The highest BCUT2D eigenvalue weighted by Crippen LogP contribution is 2.26. The average molecular weight is 329 g/mol. The zero-order valence-corrected chi connectivity index (χ0v) is 14.6. The number of hydrogen-bond acceptors (Lipinski definition) is 3. The highest BCUT2D eigenvalue weighted by Gasteiger charge is 2.22. The van der Waals surface area contributed by atoms with Gasteiger partial charge in [-0.3, -0.25) is 9.69 Å². The summed E-state index contributed by atoms with van der Waals surface area (Å²) < 4.78 is 7.50. The summed E-state index contributed by atoms with van der Waals surface area (Å²) in [4.78, 5) is 14.6. The molecule has 0 saturated carbocycles. The van der Waals surface area contributed by atoms with Gasteiger partial charge >= 0.3 is 0 Å². The largest absolute Gasteiger partial charge is 0.496 e. The van der Waals surface area contributed by atoms with Gasteiger partial charge in [-0.2, -0.15) is 0 Å². The Bertz CT molecular complexity index is 695. The van der Waals surface area contributed by atoms with Crippen LogP contribution >= 0.6 is 0 Å². The number of hydrogen-bond donors (Lipinski definition) is 1. The fourth-order valence-electron chi connectivity index (χ4n) is 3.65. The molecule has 24 heavy (non-hydrogen) atoms. The van der Waals surface area contributed by atoms with Crippen molar-refractivity contribution in [3.05, 3.63) is 30.5 Å². The Morgan fingerprint density at radius 3 is 3.04 bits per heavy atom. The van der Waals surface area contributed by atoms with Crippen molar-refractivity contribution in [1.82, 2.24) is 14.8 Å². The van der Waals surface area contributed by atoms with Crippen molar-refractivity contribution in [2.45, 2.75) is 38.8 Å². The van der Waals surface area contributed by atoms with Crippen LogP contribution in [-0.4, -0.2) is 48.2 Å². The van der Waals surface area contributed by atoms with Crippen LogP contribution < -0.4 is 10.1 Å². The molecule has 0 bridgehead atoms. The minimum atomic E-state index is 0.127. The molecule has 1 aliphatic heterocycles. The van der Waals surface area contributed by atoms with Crippen molar-refractivity contribution in [2.24, 2.45) is 0 Å². The van der Waals surface area contributed by atoms with Gasteiger partial charge in [0.2, 0.25) is 5.91 Å². The summed E-state index contributed by atoms with van der Waals surface area (Å²) in [5, 5.41) is 4.19. The lowest BCUT2D eigenvalue weighted by molar-refractivity contribution is -0.121. The number of aromatic nitrogens is 1. The van der Waals surface area contributed by atoms with E-state index in [9.17, 15) is 4.79 Å². The molecule has 0 radical (unpaired) electrons. The molecule has 2 heterocycles. The van der Waals surface area contributed by atoms with Gasteiger partial charge in [0, 0.05) is 37.1 Å². The Balaban J connectivity index is 1.53. The average Bonchev–Trinajstić information content (AvgIpc) is 3.24. The molecule has 1 fully saturated rings. The number of nitrogens with zero attached hydrogens (tertiary/aromatic N) is 2. The first kappa shape index (κ1) is 16.8. The second kappa shape index (κ2) is 7.71. The van der Waals surface area contributed by atoms with Gasteiger partial charge < -0.3 is 14.6 Å². The molecule has 1 saturated heterocycles. The highest BCUT2D eigenvalue weighted by molar-refractivity contribution is 5.86. The molecule has 5 heteroatoms. The van der Waals surface area contributed by atoms with E-state index in [4.69, 9.17) is 4.74 Å². The first-order valence-electron chi connectivity index (χ1n) is 8.85. The summed E-state index contributed by atoms with van der Waals surface area (Å²) >= 11 is 0. The molecular weight excluding hydrogens is 302 g/mol. The van der Waals surface area contributed by atoms with Gasteiger partial charge in [-0.05, 0) is 44.1 Å². The summed E-state index contributed by atoms with van der Waals surface area (Å²) in [7, 11) is 1.68. The summed E-state index contributed by atoms with van der Waals surface area (Å²) in [6, 6.07) is 8.56. The van der Waals surface area contributed by atoms with Crippen LogP contribution in [0.2, 0.25) is 0 Å². The van der Waals surface area contributed by atoms with Crippen molar-refractivity contribution >= 4 is 16.8 Å². The maximum Gasteiger partial charge on any atom is 0.221 e. The predicted molar refractivity (Wildman–Crippen MR) is 96.4 cm³/mol. The Morgan fingerprint density at radius 1 is 1.38 bits per heavy atom. The molecule has 1 aromatic heterocycles. The van der Waals surface area contributed by atoms with Crippen molar-refractivity contribution in [2.75, 3.05) is 26.7 Å². The van der Waals surface area contributed by atoms with E-state index >= 15 is 0 Å². The number of carbonyl (C=O) groups is 1. The minimum absolute atomic E-state index is 0.127. The lowest BCUT2D eigenvalue weighted by atomic mass is 10.2. The van der Waals surface area contributed by atoms with E-state index in [-0.39, 0.29) is 5.91 Å². The summed E-state index contributed by atoms with van der Waals surface area (Å²) in [6.45, 7) is 5.87. The molecule has 1 atom stereocenters. The van der Waals surface area contributed by atoms with Crippen LogP contribution in [0.15, 0.2) is 30.5 Å². The molecular formula is C19H27N3O2. The summed E-state index contributed by atoms with van der Waals surface area (Å²) in [6.07, 6.45) is 4.96.